The lowest BCUT2D eigenvalue weighted by Crippen LogP contribution is -2.46. The van der Waals surface area contributed by atoms with Crippen molar-refractivity contribution in [3.8, 4) is 0 Å². The summed E-state index contributed by atoms with van der Waals surface area (Å²) in [5, 5.41) is 14.9. The molecule has 0 aliphatic carbocycles. The van der Waals surface area contributed by atoms with Gasteiger partial charge in [0.1, 0.15) is 12.4 Å². The standard InChI is InChI=1S/C19H29N3O3/c1-15-10-16(2)22(20-15)11-17-6-3-4-8-21(17)12-18(23)13-24-14-19-7-5-9-25-19/h5,7,9-10,17-18,23H,3-4,6,8,11-14H2,1-2H3/t17-,18+/m1/s1. The molecule has 6 heteroatoms. The van der Waals surface area contributed by atoms with Crippen LogP contribution in [0.5, 0.6) is 0 Å². The van der Waals surface area contributed by atoms with Crippen LogP contribution in [-0.4, -0.2) is 51.6 Å². The van der Waals surface area contributed by atoms with Crippen LogP contribution in [0.3, 0.4) is 0 Å². The topological polar surface area (TPSA) is 63.7 Å². The largest absolute Gasteiger partial charge is 0.467 e. The second-order valence-electron chi connectivity index (χ2n) is 7.00. The molecule has 1 aliphatic rings. The molecule has 1 aliphatic heterocycles. The second kappa shape index (κ2) is 8.65. The summed E-state index contributed by atoms with van der Waals surface area (Å²) in [6.07, 6.45) is 4.72. The third-order valence-corrected chi connectivity index (χ3v) is 4.82. The molecule has 0 spiro atoms. The maximum atomic E-state index is 10.4. The number of ether oxygens (including phenoxy) is 1. The van der Waals surface area contributed by atoms with E-state index in [4.69, 9.17) is 9.15 Å². The van der Waals surface area contributed by atoms with E-state index in [1.807, 2.05) is 19.1 Å². The van der Waals surface area contributed by atoms with Gasteiger partial charge in [-0.05, 0) is 51.4 Å². The molecule has 1 N–H and O–H groups in total. The summed E-state index contributed by atoms with van der Waals surface area (Å²) in [4.78, 5) is 2.39. The van der Waals surface area contributed by atoms with Gasteiger partial charge >= 0.3 is 0 Å². The number of hydrogen-bond acceptors (Lipinski definition) is 5. The maximum Gasteiger partial charge on any atom is 0.129 e. The number of β-amino-alcohol motifs (C(OH)–C–C–N with tert-alkyl or cyclic N) is 1. The third kappa shape index (κ3) is 5.17. The van der Waals surface area contributed by atoms with Crippen molar-refractivity contribution >= 4 is 0 Å². The zero-order chi connectivity index (χ0) is 17.6. The van der Waals surface area contributed by atoms with Gasteiger partial charge in [0.2, 0.25) is 0 Å². The Morgan fingerprint density at radius 2 is 2.28 bits per heavy atom. The van der Waals surface area contributed by atoms with Crippen LogP contribution in [-0.2, 0) is 17.9 Å². The number of aliphatic hydroxyl groups excluding tert-OH is 1. The number of hydrogen-bond donors (Lipinski definition) is 1. The predicted molar refractivity (Wildman–Crippen MR) is 95.3 cm³/mol. The van der Waals surface area contributed by atoms with E-state index in [0.717, 1.165) is 31.0 Å². The Bertz CT molecular complexity index is 638. The van der Waals surface area contributed by atoms with E-state index in [1.165, 1.54) is 18.5 Å². The molecule has 2 aromatic rings. The van der Waals surface area contributed by atoms with Crippen molar-refractivity contribution in [2.75, 3.05) is 19.7 Å². The van der Waals surface area contributed by atoms with Crippen LogP contribution in [0.1, 0.15) is 36.4 Å². The fourth-order valence-electron chi connectivity index (χ4n) is 3.58. The zero-order valence-electron chi connectivity index (χ0n) is 15.2. The number of nitrogens with zero attached hydrogens (tertiary/aromatic N) is 3. The maximum absolute atomic E-state index is 10.4. The highest BCUT2D eigenvalue weighted by Gasteiger charge is 2.25. The minimum atomic E-state index is -0.490. The van der Waals surface area contributed by atoms with Crippen LogP contribution in [0.25, 0.3) is 0 Å². The fourth-order valence-corrected chi connectivity index (χ4v) is 3.58. The minimum Gasteiger partial charge on any atom is -0.467 e. The molecule has 1 saturated heterocycles. The SMILES string of the molecule is Cc1cc(C)n(C[C@H]2CCCCN2C[C@H](O)COCc2ccco2)n1. The molecule has 6 nitrogen and oxygen atoms in total. The van der Waals surface area contributed by atoms with Crippen LogP contribution in [0.2, 0.25) is 0 Å². The third-order valence-electron chi connectivity index (χ3n) is 4.82. The van der Waals surface area contributed by atoms with Gasteiger partial charge in [0.25, 0.3) is 0 Å². The first-order chi connectivity index (χ1) is 12.1. The van der Waals surface area contributed by atoms with Crippen LogP contribution in [0.4, 0.5) is 0 Å². The van der Waals surface area contributed by atoms with Gasteiger partial charge in [0, 0.05) is 18.3 Å². The number of aromatic nitrogens is 2. The molecule has 138 valence electrons. The number of likely N-dealkylation sites (tertiary alicyclic amines) is 1. The van der Waals surface area contributed by atoms with E-state index in [9.17, 15) is 5.11 Å². The molecule has 0 amide bonds. The smallest absolute Gasteiger partial charge is 0.129 e. The Labute approximate surface area is 149 Å². The van der Waals surface area contributed by atoms with Crippen molar-refractivity contribution in [3.63, 3.8) is 0 Å². The van der Waals surface area contributed by atoms with Crippen molar-refractivity contribution in [3.05, 3.63) is 41.6 Å². The quantitative estimate of drug-likeness (QED) is 0.795. The normalized spacial score (nSPS) is 20.0. The number of aryl methyl sites for hydroxylation is 2. The van der Waals surface area contributed by atoms with Crippen molar-refractivity contribution < 1.29 is 14.3 Å². The number of rotatable bonds is 8. The van der Waals surface area contributed by atoms with Crippen LogP contribution >= 0.6 is 0 Å². The molecule has 0 unspecified atom stereocenters. The van der Waals surface area contributed by atoms with Gasteiger partial charge in [-0.15, -0.1) is 0 Å². The average molecular weight is 347 g/mol. The first-order valence-electron chi connectivity index (χ1n) is 9.15. The lowest BCUT2D eigenvalue weighted by molar-refractivity contribution is -0.00934. The minimum absolute atomic E-state index is 0.323. The van der Waals surface area contributed by atoms with Crippen molar-refractivity contribution in [1.82, 2.24) is 14.7 Å². The Balaban J connectivity index is 1.49. The highest BCUT2D eigenvalue weighted by Crippen LogP contribution is 2.20. The van der Waals surface area contributed by atoms with Crippen LogP contribution in [0.15, 0.2) is 28.9 Å². The van der Waals surface area contributed by atoms with Crippen LogP contribution in [0, 0.1) is 13.8 Å². The average Bonchev–Trinajstić information content (AvgIpc) is 3.19. The van der Waals surface area contributed by atoms with Crippen molar-refractivity contribution in [2.45, 2.75) is 58.4 Å². The Morgan fingerprint density at radius 3 is 3.00 bits per heavy atom. The highest BCUT2D eigenvalue weighted by molar-refractivity contribution is 5.06. The molecule has 0 aromatic carbocycles. The van der Waals surface area contributed by atoms with Gasteiger partial charge in [-0.25, -0.2) is 0 Å². The molecule has 3 heterocycles. The van der Waals surface area contributed by atoms with Crippen LogP contribution < -0.4 is 0 Å². The van der Waals surface area contributed by atoms with Gasteiger partial charge in [-0.3, -0.25) is 9.58 Å². The molecule has 25 heavy (non-hydrogen) atoms. The molecular weight excluding hydrogens is 318 g/mol. The molecular formula is C19H29N3O3. The molecule has 0 bridgehead atoms. The van der Waals surface area contributed by atoms with Gasteiger partial charge in [0.15, 0.2) is 0 Å². The monoisotopic (exact) mass is 347 g/mol. The summed E-state index contributed by atoms with van der Waals surface area (Å²) < 4.78 is 12.9. The predicted octanol–water partition coefficient (Wildman–Crippen LogP) is 2.53. The summed E-state index contributed by atoms with van der Waals surface area (Å²) in [5.41, 5.74) is 2.26. The summed E-state index contributed by atoms with van der Waals surface area (Å²) in [7, 11) is 0. The Morgan fingerprint density at radius 1 is 1.40 bits per heavy atom. The van der Waals surface area contributed by atoms with Gasteiger partial charge in [-0.2, -0.15) is 5.10 Å². The van der Waals surface area contributed by atoms with Crippen molar-refractivity contribution in [2.24, 2.45) is 0 Å². The summed E-state index contributed by atoms with van der Waals surface area (Å²) in [5.74, 6) is 0.785. The number of piperidine rings is 1. The van der Waals surface area contributed by atoms with E-state index < -0.39 is 6.10 Å². The number of furan rings is 1. The molecule has 2 aromatic heterocycles. The molecule has 3 rings (SSSR count). The lowest BCUT2D eigenvalue weighted by atomic mass is 10.0. The Kier molecular flexibility index (Phi) is 6.29. The molecule has 0 saturated carbocycles. The summed E-state index contributed by atoms with van der Waals surface area (Å²) in [6.45, 7) is 7.41. The summed E-state index contributed by atoms with van der Waals surface area (Å²) >= 11 is 0. The first-order valence-corrected chi connectivity index (χ1v) is 9.15. The fraction of sp³-hybridized carbons (Fsp3) is 0.632. The Hall–Kier alpha value is -1.63. The van der Waals surface area contributed by atoms with E-state index >= 15 is 0 Å². The number of aliphatic hydroxyl groups is 1. The van der Waals surface area contributed by atoms with Crippen molar-refractivity contribution in [1.29, 1.82) is 0 Å². The highest BCUT2D eigenvalue weighted by atomic mass is 16.5. The van der Waals surface area contributed by atoms with Gasteiger partial charge in [0.05, 0.1) is 31.2 Å². The lowest BCUT2D eigenvalue weighted by Gasteiger charge is -2.37. The molecule has 0 radical (unpaired) electrons. The van der Waals surface area contributed by atoms with E-state index in [-0.39, 0.29) is 0 Å². The van der Waals surface area contributed by atoms with Gasteiger partial charge < -0.3 is 14.3 Å². The zero-order valence-corrected chi connectivity index (χ0v) is 15.2. The summed E-state index contributed by atoms with van der Waals surface area (Å²) in [6, 6.07) is 6.25. The molecule has 1 fully saturated rings. The van der Waals surface area contributed by atoms with E-state index in [0.29, 0.717) is 25.8 Å². The van der Waals surface area contributed by atoms with E-state index in [1.54, 1.807) is 6.26 Å². The second-order valence-corrected chi connectivity index (χ2v) is 7.00. The first kappa shape index (κ1) is 18.2. The van der Waals surface area contributed by atoms with E-state index in [2.05, 4.69) is 27.7 Å². The molecule has 2 atom stereocenters. The van der Waals surface area contributed by atoms with Gasteiger partial charge in [-0.1, -0.05) is 6.42 Å².